The molecule has 35 heavy (non-hydrogen) atoms. The van der Waals surface area contributed by atoms with Gasteiger partial charge in [0.2, 0.25) is 11.4 Å². The molecule has 3 aliphatic heterocycles. The van der Waals surface area contributed by atoms with Crippen LogP contribution in [0.15, 0.2) is 54.4 Å². The zero-order valence-electron chi connectivity index (χ0n) is 19.8. The van der Waals surface area contributed by atoms with Gasteiger partial charge in [0.15, 0.2) is 12.7 Å². The van der Waals surface area contributed by atoms with E-state index in [-0.39, 0.29) is 11.1 Å². The van der Waals surface area contributed by atoms with E-state index in [1.807, 2.05) is 60.8 Å². The fourth-order valence-corrected chi connectivity index (χ4v) is 5.84. The number of hydrogen-bond donors (Lipinski definition) is 0. The first-order valence-electron chi connectivity index (χ1n) is 11.4. The van der Waals surface area contributed by atoms with E-state index < -0.39 is 28.9 Å². The van der Waals surface area contributed by atoms with Crippen LogP contribution in [0.3, 0.4) is 0 Å². The van der Waals surface area contributed by atoms with Crippen molar-refractivity contribution in [1.29, 1.82) is 0 Å². The van der Waals surface area contributed by atoms with Crippen LogP contribution in [-0.4, -0.2) is 49.9 Å². The molecule has 6 rings (SSSR count). The van der Waals surface area contributed by atoms with Crippen LogP contribution in [0.2, 0.25) is 0 Å². The van der Waals surface area contributed by atoms with Gasteiger partial charge in [0, 0.05) is 76.3 Å². The van der Waals surface area contributed by atoms with Crippen LogP contribution in [0.25, 0.3) is 11.3 Å². The Labute approximate surface area is 200 Å². The van der Waals surface area contributed by atoms with Gasteiger partial charge in [0.25, 0.3) is 0 Å². The highest BCUT2D eigenvalue weighted by Gasteiger charge is 2.69. The molecule has 178 valence electrons. The number of fused-ring (bicyclic) bond motifs is 9. The Bertz CT molecular complexity index is 1510. The van der Waals surface area contributed by atoms with Crippen LogP contribution in [0, 0.1) is 23.3 Å². The minimum atomic E-state index is -1.39. The van der Waals surface area contributed by atoms with Crippen LogP contribution in [0.1, 0.15) is 23.1 Å². The molecule has 0 amide bonds. The Hall–Kier alpha value is -3.68. The fourth-order valence-electron chi connectivity index (χ4n) is 5.84. The quantitative estimate of drug-likeness (QED) is 0.407. The van der Waals surface area contributed by atoms with E-state index in [2.05, 4.69) is 0 Å². The summed E-state index contributed by atoms with van der Waals surface area (Å²) in [6.07, 6.45) is 4.33. The number of aromatic nitrogens is 1. The van der Waals surface area contributed by atoms with Crippen molar-refractivity contribution in [2.45, 2.75) is 12.1 Å². The summed E-state index contributed by atoms with van der Waals surface area (Å²) >= 11 is 0. The molecule has 1 spiro atoms. The third-order valence-corrected chi connectivity index (χ3v) is 7.32. The highest BCUT2D eigenvalue weighted by atomic mass is 19.1. The van der Waals surface area contributed by atoms with Crippen molar-refractivity contribution < 1.29 is 26.7 Å². The third-order valence-electron chi connectivity index (χ3n) is 7.32. The number of allylic oxidation sites excluding steroid dienone is 1. The Morgan fingerprint density at radius 2 is 1.57 bits per heavy atom. The number of pyridine rings is 1. The SMILES string of the molecule is CN(C)C1=CC2=[N+](CC1)C1(c3cc(F)cc(F)c3-c3cc(N(C)C)cc[n+]31)c1c(F)cc(F)cc12. The highest BCUT2D eigenvalue weighted by Crippen LogP contribution is 2.50. The molecule has 4 nitrogen and oxygen atoms in total. The van der Waals surface area contributed by atoms with E-state index in [1.165, 1.54) is 12.1 Å². The summed E-state index contributed by atoms with van der Waals surface area (Å²) in [6, 6.07) is 7.97. The standard InChI is InChI=1S/C27H24F4N4/c1-32(2)17-5-7-34-23(13-17)19-9-15(28)12-22(31)26(19)27(34)20-10-16(29)11-21(30)25(20)24-14-18(33(3)4)6-8-35(24)27/h6,8-14H,5,7H2,1-4H3/q+2. The van der Waals surface area contributed by atoms with Gasteiger partial charge in [-0.25, -0.2) is 17.6 Å². The Morgan fingerprint density at radius 1 is 0.857 bits per heavy atom. The molecule has 2 aromatic carbocycles. The number of hydrogen-bond acceptors (Lipinski definition) is 2. The lowest BCUT2D eigenvalue weighted by Gasteiger charge is -2.24. The molecule has 3 aliphatic rings. The number of halogens is 4. The smallest absolute Gasteiger partial charge is 0.381 e. The molecule has 1 unspecified atom stereocenters. The molecule has 0 saturated carbocycles. The second-order valence-electron chi connectivity index (χ2n) is 9.64. The first-order valence-corrected chi connectivity index (χ1v) is 11.4. The fraction of sp³-hybridized carbons (Fsp3) is 0.259. The second kappa shape index (κ2) is 7.16. The van der Waals surface area contributed by atoms with Crippen molar-refractivity contribution in [3.63, 3.8) is 0 Å². The van der Waals surface area contributed by atoms with Crippen LogP contribution >= 0.6 is 0 Å². The summed E-state index contributed by atoms with van der Waals surface area (Å²) in [7, 11) is 7.58. The maximum atomic E-state index is 15.8. The second-order valence-corrected chi connectivity index (χ2v) is 9.64. The lowest BCUT2D eigenvalue weighted by atomic mass is 9.88. The molecular formula is C27H24F4N4+2. The predicted molar refractivity (Wildman–Crippen MR) is 124 cm³/mol. The molecule has 8 heteroatoms. The van der Waals surface area contributed by atoms with Crippen LogP contribution < -0.4 is 9.47 Å². The lowest BCUT2D eigenvalue weighted by Crippen LogP contribution is -2.62. The zero-order valence-corrected chi connectivity index (χ0v) is 19.8. The number of rotatable bonds is 2. The lowest BCUT2D eigenvalue weighted by molar-refractivity contribution is -0.896. The zero-order chi connectivity index (χ0) is 24.8. The predicted octanol–water partition coefficient (Wildman–Crippen LogP) is 3.99. The average molecular weight is 481 g/mol. The molecular weight excluding hydrogens is 456 g/mol. The molecule has 0 N–H and O–H groups in total. The van der Waals surface area contributed by atoms with Crippen molar-refractivity contribution >= 4 is 11.4 Å². The molecule has 0 radical (unpaired) electrons. The Kier molecular flexibility index (Phi) is 4.47. The minimum Gasteiger partial charge on any atom is -0.381 e. The summed E-state index contributed by atoms with van der Waals surface area (Å²) in [5.41, 5.74) is 2.65. The minimum absolute atomic E-state index is 0.192. The third kappa shape index (κ3) is 2.73. The van der Waals surface area contributed by atoms with Crippen LogP contribution in [0.5, 0.6) is 0 Å². The van der Waals surface area contributed by atoms with Gasteiger partial charge in [-0.3, -0.25) is 0 Å². The average Bonchev–Trinajstić information content (AvgIpc) is 3.24. The van der Waals surface area contributed by atoms with Gasteiger partial charge in [0.05, 0.1) is 5.56 Å². The number of anilines is 1. The molecule has 3 aromatic rings. The van der Waals surface area contributed by atoms with Gasteiger partial charge in [0.1, 0.15) is 40.0 Å². The van der Waals surface area contributed by atoms with E-state index in [1.54, 1.807) is 10.8 Å². The Morgan fingerprint density at radius 3 is 2.29 bits per heavy atom. The molecule has 0 bridgehead atoms. The topological polar surface area (TPSA) is 13.4 Å². The van der Waals surface area contributed by atoms with Crippen LogP contribution in [0.4, 0.5) is 23.2 Å². The van der Waals surface area contributed by atoms with E-state index in [0.717, 1.165) is 23.5 Å². The summed E-state index contributed by atoms with van der Waals surface area (Å²) in [5.74, 6) is -2.93. The maximum Gasteiger partial charge on any atom is 0.415 e. The summed E-state index contributed by atoms with van der Waals surface area (Å²) in [4.78, 5) is 3.85. The number of nitrogens with zero attached hydrogens (tertiary/aromatic N) is 4. The van der Waals surface area contributed by atoms with Crippen molar-refractivity contribution in [2.75, 3.05) is 39.6 Å². The van der Waals surface area contributed by atoms with Crippen molar-refractivity contribution in [3.05, 3.63) is 94.3 Å². The Balaban J connectivity index is 1.81. The molecule has 4 heterocycles. The first-order chi connectivity index (χ1) is 16.6. The normalized spacial score (nSPS) is 19.4. The van der Waals surface area contributed by atoms with Gasteiger partial charge < -0.3 is 9.80 Å². The first kappa shape index (κ1) is 21.8. The summed E-state index contributed by atoms with van der Waals surface area (Å²) in [6.45, 7) is 0.453. The van der Waals surface area contributed by atoms with Gasteiger partial charge in [-0.05, 0) is 12.1 Å². The van der Waals surface area contributed by atoms with Crippen LogP contribution in [-0.2, 0) is 5.66 Å². The summed E-state index contributed by atoms with van der Waals surface area (Å²) in [5, 5.41) is 0. The van der Waals surface area contributed by atoms with Crippen molar-refractivity contribution in [1.82, 2.24) is 4.90 Å². The molecule has 1 aromatic heterocycles. The maximum absolute atomic E-state index is 15.8. The molecule has 1 atom stereocenters. The van der Waals surface area contributed by atoms with Gasteiger partial charge in [-0.2, -0.15) is 4.58 Å². The molecule has 0 fully saturated rings. The summed E-state index contributed by atoms with van der Waals surface area (Å²) < 4.78 is 64.3. The van der Waals surface area contributed by atoms with Gasteiger partial charge in [-0.1, -0.05) is 0 Å². The van der Waals surface area contributed by atoms with Gasteiger partial charge >= 0.3 is 5.66 Å². The van der Waals surface area contributed by atoms with Crippen molar-refractivity contribution in [3.8, 4) is 11.3 Å². The molecule has 0 aliphatic carbocycles. The monoisotopic (exact) mass is 480 g/mol. The number of benzene rings is 2. The van der Waals surface area contributed by atoms with E-state index in [0.29, 0.717) is 35.5 Å². The van der Waals surface area contributed by atoms with Gasteiger partial charge in [-0.15, -0.1) is 4.57 Å². The highest BCUT2D eigenvalue weighted by molar-refractivity contribution is 6.09. The largest absolute Gasteiger partial charge is 0.415 e. The van der Waals surface area contributed by atoms with E-state index in [9.17, 15) is 8.78 Å². The molecule has 0 saturated heterocycles. The van der Waals surface area contributed by atoms with Crippen molar-refractivity contribution in [2.24, 2.45) is 0 Å². The van der Waals surface area contributed by atoms with E-state index >= 15 is 8.78 Å². The van der Waals surface area contributed by atoms with E-state index in [4.69, 9.17) is 0 Å².